The summed E-state index contributed by atoms with van der Waals surface area (Å²) >= 11 is 4.31. The molecule has 26 heavy (non-hydrogen) atoms. The molecule has 0 aromatic heterocycles. The van der Waals surface area contributed by atoms with Gasteiger partial charge < -0.3 is 14.7 Å². The molecule has 138 valence electrons. The predicted octanol–water partition coefficient (Wildman–Crippen LogP) is 4.55. The number of aliphatic hydroxyl groups is 1. The second-order valence-electron chi connectivity index (χ2n) is 6.77. The average molecular weight is 372 g/mol. The highest BCUT2D eigenvalue weighted by Crippen LogP contribution is 2.40. The van der Waals surface area contributed by atoms with Crippen LogP contribution in [0.1, 0.15) is 43.4 Å². The first-order chi connectivity index (χ1) is 12.6. The first-order valence-corrected chi connectivity index (χ1v) is 9.45. The number of carbonyl (C=O) groups is 1. The molecule has 0 aliphatic carbocycles. The summed E-state index contributed by atoms with van der Waals surface area (Å²) in [4.78, 5) is 15.5. The molecule has 1 N–H and O–H groups in total. The molecular formula is C21H25NO3S. The Hall–Kier alpha value is -1.98. The van der Waals surface area contributed by atoms with E-state index in [0.717, 1.165) is 16.0 Å². The SMILES string of the molecule is C[C@@H](c1ccc(S)cc1)N1CC[C@](CCCO)(c2ccccc2)OC1=O. The Labute approximate surface area is 160 Å². The largest absolute Gasteiger partial charge is 0.438 e. The summed E-state index contributed by atoms with van der Waals surface area (Å²) < 4.78 is 6.00. The molecular weight excluding hydrogens is 346 g/mol. The van der Waals surface area contributed by atoms with E-state index in [9.17, 15) is 9.90 Å². The fraction of sp³-hybridized carbons (Fsp3) is 0.381. The predicted molar refractivity (Wildman–Crippen MR) is 104 cm³/mol. The molecule has 1 amide bonds. The van der Waals surface area contributed by atoms with Crippen molar-refractivity contribution >= 4 is 18.7 Å². The van der Waals surface area contributed by atoms with Crippen molar-refractivity contribution in [3.63, 3.8) is 0 Å². The molecule has 5 heteroatoms. The van der Waals surface area contributed by atoms with Gasteiger partial charge in [-0.1, -0.05) is 42.5 Å². The Bertz CT molecular complexity index is 735. The number of hydrogen-bond donors (Lipinski definition) is 2. The van der Waals surface area contributed by atoms with E-state index in [4.69, 9.17) is 4.74 Å². The number of rotatable bonds is 6. The zero-order valence-electron chi connectivity index (χ0n) is 15.0. The summed E-state index contributed by atoms with van der Waals surface area (Å²) in [5, 5.41) is 9.28. The molecule has 4 nitrogen and oxygen atoms in total. The van der Waals surface area contributed by atoms with Gasteiger partial charge in [0.25, 0.3) is 0 Å². The number of amides is 1. The molecule has 2 aromatic rings. The second kappa shape index (κ2) is 8.14. The number of cyclic esters (lactones) is 1. The third kappa shape index (κ3) is 3.89. The van der Waals surface area contributed by atoms with Crippen LogP contribution >= 0.6 is 12.6 Å². The molecule has 1 fully saturated rings. The topological polar surface area (TPSA) is 49.8 Å². The highest BCUT2D eigenvalue weighted by Gasteiger charge is 2.43. The van der Waals surface area contributed by atoms with Crippen LogP contribution in [0.5, 0.6) is 0 Å². The lowest BCUT2D eigenvalue weighted by molar-refractivity contribution is -0.0680. The molecule has 0 spiro atoms. The van der Waals surface area contributed by atoms with Gasteiger partial charge in [-0.05, 0) is 43.0 Å². The van der Waals surface area contributed by atoms with Gasteiger partial charge in [-0.25, -0.2) is 4.79 Å². The molecule has 2 aromatic carbocycles. The lowest BCUT2D eigenvalue weighted by Gasteiger charge is -2.43. The first-order valence-electron chi connectivity index (χ1n) is 9.01. The van der Waals surface area contributed by atoms with E-state index in [2.05, 4.69) is 12.6 Å². The molecule has 1 aliphatic rings. The van der Waals surface area contributed by atoms with E-state index in [-0.39, 0.29) is 18.7 Å². The van der Waals surface area contributed by atoms with E-state index < -0.39 is 5.60 Å². The minimum absolute atomic E-state index is 0.0666. The van der Waals surface area contributed by atoms with Crippen molar-refractivity contribution < 1.29 is 14.6 Å². The fourth-order valence-corrected chi connectivity index (χ4v) is 3.73. The van der Waals surface area contributed by atoms with E-state index in [1.165, 1.54) is 0 Å². The molecule has 1 heterocycles. The van der Waals surface area contributed by atoms with Crippen molar-refractivity contribution in [2.24, 2.45) is 0 Å². The van der Waals surface area contributed by atoms with Gasteiger partial charge >= 0.3 is 6.09 Å². The Morgan fingerprint density at radius 2 is 1.88 bits per heavy atom. The van der Waals surface area contributed by atoms with Gasteiger partial charge in [-0.2, -0.15) is 0 Å². The number of hydrogen-bond acceptors (Lipinski definition) is 4. The summed E-state index contributed by atoms with van der Waals surface area (Å²) in [6.07, 6.45) is 1.62. The maximum atomic E-state index is 12.9. The molecule has 2 atom stereocenters. The highest BCUT2D eigenvalue weighted by molar-refractivity contribution is 7.80. The van der Waals surface area contributed by atoms with Crippen molar-refractivity contribution in [1.82, 2.24) is 4.90 Å². The molecule has 3 rings (SSSR count). The van der Waals surface area contributed by atoms with Gasteiger partial charge in [0, 0.05) is 24.5 Å². The van der Waals surface area contributed by atoms with Crippen LogP contribution in [0.25, 0.3) is 0 Å². The van der Waals surface area contributed by atoms with Crippen molar-refractivity contribution in [3.05, 3.63) is 65.7 Å². The normalized spacial score (nSPS) is 21.3. The van der Waals surface area contributed by atoms with Crippen LogP contribution in [0.2, 0.25) is 0 Å². The lowest BCUT2D eigenvalue weighted by Crippen LogP contribution is -2.48. The smallest absolute Gasteiger partial charge is 0.411 e. The number of benzene rings is 2. The molecule has 1 aliphatic heterocycles. The third-order valence-corrected chi connectivity index (χ3v) is 5.45. The van der Waals surface area contributed by atoms with E-state index in [0.29, 0.717) is 25.8 Å². The van der Waals surface area contributed by atoms with Crippen molar-refractivity contribution in [2.45, 2.75) is 42.7 Å². The van der Waals surface area contributed by atoms with Gasteiger partial charge in [0.1, 0.15) is 5.60 Å². The van der Waals surface area contributed by atoms with E-state index >= 15 is 0 Å². The summed E-state index contributed by atoms with van der Waals surface area (Å²) in [6.45, 7) is 2.71. The Kier molecular flexibility index (Phi) is 5.89. The highest BCUT2D eigenvalue weighted by atomic mass is 32.1. The minimum atomic E-state index is -0.660. The van der Waals surface area contributed by atoms with Crippen molar-refractivity contribution in [2.75, 3.05) is 13.2 Å². The number of nitrogens with zero attached hydrogens (tertiary/aromatic N) is 1. The van der Waals surface area contributed by atoms with Gasteiger partial charge in [0.15, 0.2) is 0 Å². The molecule has 0 saturated carbocycles. The van der Waals surface area contributed by atoms with Crippen LogP contribution in [0.3, 0.4) is 0 Å². The van der Waals surface area contributed by atoms with Crippen molar-refractivity contribution in [3.8, 4) is 0 Å². The zero-order chi connectivity index (χ0) is 18.6. The second-order valence-corrected chi connectivity index (χ2v) is 7.28. The fourth-order valence-electron chi connectivity index (χ4n) is 3.58. The van der Waals surface area contributed by atoms with Crippen LogP contribution in [0.15, 0.2) is 59.5 Å². The van der Waals surface area contributed by atoms with Crippen LogP contribution in [0.4, 0.5) is 4.79 Å². The lowest BCUT2D eigenvalue weighted by atomic mass is 9.84. The summed E-state index contributed by atoms with van der Waals surface area (Å²) in [5.41, 5.74) is 1.39. The maximum Gasteiger partial charge on any atom is 0.411 e. The zero-order valence-corrected chi connectivity index (χ0v) is 15.9. The van der Waals surface area contributed by atoms with Gasteiger partial charge in [0.2, 0.25) is 0 Å². The number of ether oxygens (including phenoxy) is 1. The Morgan fingerprint density at radius 1 is 1.19 bits per heavy atom. The minimum Gasteiger partial charge on any atom is -0.438 e. The summed E-state index contributed by atoms with van der Waals surface area (Å²) in [7, 11) is 0. The van der Waals surface area contributed by atoms with Gasteiger partial charge in [-0.15, -0.1) is 12.6 Å². The van der Waals surface area contributed by atoms with Crippen LogP contribution in [-0.4, -0.2) is 29.3 Å². The Morgan fingerprint density at radius 3 is 2.50 bits per heavy atom. The monoisotopic (exact) mass is 371 g/mol. The summed E-state index contributed by atoms with van der Waals surface area (Å²) in [6, 6.07) is 17.6. The molecule has 0 bridgehead atoms. The number of thiol groups is 1. The van der Waals surface area contributed by atoms with E-state index in [1.54, 1.807) is 4.90 Å². The van der Waals surface area contributed by atoms with Gasteiger partial charge in [-0.3, -0.25) is 0 Å². The first kappa shape index (κ1) is 18.8. The van der Waals surface area contributed by atoms with Gasteiger partial charge in [0.05, 0.1) is 6.04 Å². The quantitative estimate of drug-likeness (QED) is 0.733. The number of carbonyl (C=O) groups excluding carboxylic acids is 1. The third-order valence-electron chi connectivity index (χ3n) is 5.16. The molecule has 0 unspecified atom stereocenters. The van der Waals surface area contributed by atoms with Crippen LogP contribution < -0.4 is 0 Å². The maximum absolute atomic E-state index is 12.9. The summed E-state index contributed by atoms with van der Waals surface area (Å²) in [5.74, 6) is 0. The van der Waals surface area contributed by atoms with Crippen molar-refractivity contribution in [1.29, 1.82) is 0 Å². The van der Waals surface area contributed by atoms with Crippen LogP contribution in [-0.2, 0) is 10.3 Å². The molecule has 1 saturated heterocycles. The van der Waals surface area contributed by atoms with Crippen LogP contribution in [0, 0.1) is 0 Å². The molecule has 0 radical (unpaired) electrons. The number of aliphatic hydroxyl groups excluding tert-OH is 1. The standard InChI is InChI=1S/C21H25NO3S/c1-16(17-8-10-19(26)11-9-17)22-14-13-21(12-5-15-23,25-20(22)24)18-6-3-2-4-7-18/h2-4,6-11,16,23,26H,5,12-15H2,1H3/t16-,21+/m0/s1. The average Bonchev–Trinajstić information content (AvgIpc) is 2.67. The van der Waals surface area contributed by atoms with E-state index in [1.807, 2.05) is 61.5 Å². The Balaban J connectivity index is 1.80.